The lowest BCUT2D eigenvalue weighted by Crippen LogP contribution is -2.31. The largest absolute Gasteiger partial charge is 0.493 e. The van der Waals surface area contributed by atoms with Crippen LogP contribution in [0.15, 0.2) is 48.5 Å². The minimum absolute atomic E-state index is 0.247. The molecule has 2 aromatic carbocycles. The van der Waals surface area contributed by atoms with E-state index in [0.29, 0.717) is 30.2 Å². The Morgan fingerprint density at radius 1 is 0.926 bits per heavy atom. The van der Waals surface area contributed by atoms with E-state index in [0.717, 1.165) is 5.56 Å². The molecule has 0 fully saturated rings. The van der Waals surface area contributed by atoms with Gasteiger partial charge in [0.25, 0.3) is 5.91 Å². The molecule has 0 aliphatic rings. The lowest BCUT2D eigenvalue weighted by Gasteiger charge is -2.10. The maximum absolute atomic E-state index is 11.8. The van der Waals surface area contributed by atoms with Crippen LogP contribution in [0.2, 0.25) is 0 Å². The van der Waals surface area contributed by atoms with Crippen LogP contribution in [0.5, 0.6) is 17.2 Å². The maximum Gasteiger partial charge on any atom is 0.344 e. The fraction of sp³-hybridized carbons (Fsp3) is 0.300. The molecule has 0 atom stereocenters. The highest BCUT2D eigenvalue weighted by atomic mass is 16.6. The summed E-state index contributed by atoms with van der Waals surface area (Å²) < 4.78 is 20.6. The number of amides is 1. The van der Waals surface area contributed by atoms with Crippen LogP contribution >= 0.6 is 0 Å². The number of rotatable bonds is 10. The smallest absolute Gasteiger partial charge is 0.344 e. The zero-order valence-electron chi connectivity index (χ0n) is 15.4. The molecular formula is C20H23NO6. The SMILES string of the molecule is COc1ccc(CCNC(=O)COC(=O)COc2ccccc2)cc1OC. The third-order valence-corrected chi connectivity index (χ3v) is 3.65. The van der Waals surface area contributed by atoms with Gasteiger partial charge < -0.3 is 24.3 Å². The van der Waals surface area contributed by atoms with E-state index in [1.807, 2.05) is 24.3 Å². The Kier molecular flexibility index (Phi) is 7.96. The number of benzene rings is 2. The van der Waals surface area contributed by atoms with Gasteiger partial charge in [0.1, 0.15) is 5.75 Å². The highest BCUT2D eigenvalue weighted by Gasteiger charge is 2.09. The maximum atomic E-state index is 11.8. The summed E-state index contributed by atoms with van der Waals surface area (Å²) in [7, 11) is 3.14. The van der Waals surface area contributed by atoms with Crippen molar-refractivity contribution in [1.82, 2.24) is 5.32 Å². The Hall–Kier alpha value is -3.22. The predicted octanol–water partition coefficient (Wildman–Crippen LogP) is 1.98. The standard InChI is InChI=1S/C20H23NO6/c1-24-17-9-8-15(12-18(17)25-2)10-11-21-19(22)13-27-20(23)14-26-16-6-4-3-5-7-16/h3-9,12H,10-11,13-14H2,1-2H3,(H,21,22). The summed E-state index contributed by atoms with van der Waals surface area (Å²) in [5.74, 6) is 0.870. The van der Waals surface area contributed by atoms with Gasteiger partial charge in [-0.15, -0.1) is 0 Å². The van der Waals surface area contributed by atoms with Crippen molar-refractivity contribution >= 4 is 11.9 Å². The summed E-state index contributed by atoms with van der Waals surface area (Å²) in [6.45, 7) is -0.182. The molecule has 1 amide bonds. The van der Waals surface area contributed by atoms with Gasteiger partial charge in [-0.25, -0.2) is 4.79 Å². The number of ether oxygens (including phenoxy) is 4. The molecule has 144 valence electrons. The Balaban J connectivity index is 1.65. The first-order chi connectivity index (χ1) is 13.1. The second-order valence-corrected chi connectivity index (χ2v) is 5.55. The summed E-state index contributed by atoms with van der Waals surface area (Å²) in [5, 5.41) is 2.70. The third-order valence-electron chi connectivity index (χ3n) is 3.65. The van der Waals surface area contributed by atoms with Crippen LogP contribution in [-0.2, 0) is 20.7 Å². The van der Waals surface area contributed by atoms with Crippen molar-refractivity contribution in [3.8, 4) is 17.2 Å². The van der Waals surface area contributed by atoms with Crippen LogP contribution in [0.3, 0.4) is 0 Å². The van der Waals surface area contributed by atoms with Crippen molar-refractivity contribution in [3.63, 3.8) is 0 Å². The Morgan fingerprint density at radius 2 is 1.67 bits per heavy atom. The number of carbonyl (C=O) groups is 2. The molecule has 0 spiro atoms. The highest BCUT2D eigenvalue weighted by molar-refractivity contribution is 5.80. The molecular weight excluding hydrogens is 350 g/mol. The van der Waals surface area contributed by atoms with E-state index in [9.17, 15) is 9.59 Å². The van der Waals surface area contributed by atoms with E-state index in [-0.39, 0.29) is 19.1 Å². The minimum atomic E-state index is -0.603. The van der Waals surface area contributed by atoms with Crippen LogP contribution in [0.4, 0.5) is 0 Å². The molecule has 1 N–H and O–H groups in total. The van der Waals surface area contributed by atoms with Gasteiger partial charge in [-0.2, -0.15) is 0 Å². The molecule has 0 aliphatic carbocycles. The zero-order valence-corrected chi connectivity index (χ0v) is 15.4. The monoisotopic (exact) mass is 373 g/mol. The van der Waals surface area contributed by atoms with E-state index in [4.69, 9.17) is 18.9 Å². The van der Waals surface area contributed by atoms with E-state index in [1.54, 1.807) is 38.5 Å². The first-order valence-corrected chi connectivity index (χ1v) is 8.43. The van der Waals surface area contributed by atoms with Gasteiger partial charge in [-0.3, -0.25) is 4.79 Å². The lowest BCUT2D eigenvalue weighted by atomic mass is 10.1. The van der Waals surface area contributed by atoms with Gasteiger partial charge in [0.2, 0.25) is 0 Å². The fourth-order valence-corrected chi connectivity index (χ4v) is 2.28. The van der Waals surface area contributed by atoms with Crippen molar-refractivity contribution in [2.45, 2.75) is 6.42 Å². The molecule has 0 saturated heterocycles. The summed E-state index contributed by atoms with van der Waals surface area (Å²) in [5.41, 5.74) is 0.987. The molecule has 2 aromatic rings. The van der Waals surface area contributed by atoms with Crippen molar-refractivity contribution in [3.05, 3.63) is 54.1 Å². The van der Waals surface area contributed by atoms with Gasteiger partial charge in [-0.05, 0) is 36.2 Å². The van der Waals surface area contributed by atoms with Gasteiger partial charge in [-0.1, -0.05) is 24.3 Å². The quantitative estimate of drug-likeness (QED) is 0.641. The van der Waals surface area contributed by atoms with Gasteiger partial charge in [0.15, 0.2) is 24.7 Å². The van der Waals surface area contributed by atoms with Crippen molar-refractivity contribution in [1.29, 1.82) is 0 Å². The summed E-state index contributed by atoms with van der Waals surface area (Å²) in [6, 6.07) is 14.5. The first kappa shape index (κ1) is 20.1. The highest BCUT2D eigenvalue weighted by Crippen LogP contribution is 2.27. The second-order valence-electron chi connectivity index (χ2n) is 5.55. The normalized spacial score (nSPS) is 10.0. The minimum Gasteiger partial charge on any atom is -0.493 e. The number of hydrogen-bond donors (Lipinski definition) is 1. The number of para-hydroxylation sites is 1. The summed E-state index contributed by atoms with van der Waals surface area (Å²) >= 11 is 0. The fourth-order valence-electron chi connectivity index (χ4n) is 2.28. The number of hydrogen-bond acceptors (Lipinski definition) is 6. The molecule has 0 bridgehead atoms. The molecule has 7 heteroatoms. The summed E-state index contributed by atoms with van der Waals surface area (Å²) in [4.78, 5) is 23.4. The average Bonchev–Trinajstić information content (AvgIpc) is 2.71. The molecule has 0 aromatic heterocycles. The second kappa shape index (κ2) is 10.7. The Bertz CT molecular complexity index is 747. The van der Waals surface area contributed by atoms with Gasteiger partial charge in [0, 0.05) is 6.54 Å². The van der Waals surface area contributed by atoms with E-state index in [2.05, 4.69) is 5.32 Å². The van der Waals surface area contributed by atoms with Crippen molar-refractivity contribution in [2.75, 3.05) is 34.0 Å². The van der Waals surface area contributed by atoms with E-state index < -0.39 is 5.97 Å². The number of methoxy groups -OCH3 is 2. The van der Waals surface area contributed by atoms with Gasteiger partial charge >= 0.3 is 5.97 Å². The molecule has 0 saturated carbocycles. The van der Waals surface area contributed by atoms with Crippen LogP contribution in [-0.4, -0.2) is 45.9 Å². The topological polar surface area (TPSA) is 83.1 Å². The van der Waals surface area contributed by atoms with E-state index >= 15 is 0 Å². The predicted molar refractivity (Wildman–Crippen MR) is 99.2 cm³/mol. The van der Waals surface area contributed by atoms with Crippen molar-refractivity contribution in [2.24, 2.45) is 0 Å². The molecule has 7 nitrogen and oxygen atoms in total. The Morgan fingerprint density at radius 3 is 2.37 bits per heavy atom. The van der Waals surface area contributed by atoms with Crippen LogP contribution < -0.4 is 19.5 Å². The molecule has 27 heavy (non-hydrogen) atoms. The number of nitrogens with one attached hydrogen (secondary N) is 1. The van der Waals surface area contributed by atoms with Gasteiger partial charge in [0.05, 0.1) is 14.2 Å². The van der Waals surface area contributed by atoms with Crippen LogP contribution in [0.25, 0.3) is 0 Å². The average molecular weight is 373 g/mol. The number of esters is 1. The molecule has 0 aliphatic heterocycles. The molecule has 0 unspecified atom stereocenters. The zero-order chi connectivity index (χ0) is 19.5. The number of carbonyl (C=O) groups excluding carboxylic acids is 2. The van der Waals surface area contributed by atoms with E-state index in [1.165, 1.54) is 0 Å². The van der Waals surface area contributed by atoms with Crippen molar-refractivity contribution < 1.29 is 28.5 Å². The molecule has 0 radical (unpaired) electrons. The molecule has 2 rings (SSSR count). The van der Waals surface area contributed by atoms with Crippen LogP contribution in [0.1, 0.15) is 5.56 Å². The third kappa shape index (κ3) is 6.89. The first-order valence-electron chi connectivity index (χ1n) is 8.43. The Labute approximate surface area is 158 Å². The lowest BCUT2D eigenvalue weighted by molar-refractivity contribution is -0.150. The summed E-state index contributed by atoms with van der Waals surface area (Å²) in [6.07, 6.45) is 0.608. The van der Waals surface area contributed by atoms with Crippen LogP contribution in [0, 0.1) is 0 Å². The molecule has 0 heterocycles.